The van der Waals surface area contributed by atoms with Gasteiger partial charge in [-0.1, -0.05) is 19.9 Å². The molecule has 0 bridgehead atoms. The fourth-order valence-electron chi connectivity index (χ4n) is 3.09. The van der Waals surface area contributed by atoms with E-state index in [4.69, 9.17) is 14.2 Å². The maximum Gasteiger partial charge on any atom is 0.311 e. The lowest BCUT2D eigenvalue weighted by atomic mass is 9.95. The SMILES string of the molecule is COc1ccc(C(=O)N[C@@H](c2ccc3c(c2)OCCO3)C(C)C)cc1[N+](=O)[O-]. The van der Waals surface area contributed by atoms with E-state index in [2.05, 4.69) is 5.32 Å². The Morgan fingerprint density at radius 3 is 2.50 bits per heavy atom. The fourth-order valence-corrected chi connectivity index (χ4v) is 3.09. The molecule has 0 spiro atoms. The molecule has 0 aliphatic carbocycles. The van der Waals surface area contributed by atoms with Gasteiger partial charge < -0.3 is 19.5 Å². The van der Waals surface area contributed by atoms with E-state index in [1.165, 1.54) is 25.3 Å². The van der Waals surface area contributed by atoms with Crippen LogP contribution in [0.2, 0.25) is 0 Å². The summed E-state index contributed by atoms with van der Waals surface area (Å²) in [6.07, 6.45) is 0. The molecule has 3 rings (SSSR count). The van der Waals surface area contributed by atoms with Crippen molar-refractivity contribution in [3.8, 4) is 17.2 Å². The van der Waals surface area contributed by atoms with Gasteiger partial charge >= 0.3 is 5.69 Å². The van der Waals surface area contributed by atoms with E-state index in [1.807, 2.05) is 32.0 Å². The quantitative estimate of drug-likeness (QED) is 0.602. The highest BCUT2D eigenvalue weighted by Crippen LogP contribution is 2.35. The minimum absolute atomic E-state index is 0.0831. The molecule has 1 aliphatic heterocycles. The molecule has 1 heterocycles. The van der Waals surface area contributed by atoms with E-state index in [1.54, 1.807) is 0 Å². The summed E-state index contributed by atoms with van der Waals surface area (Å²) in [5.41, 5.74) is 0.807. The monoisotopic (exact) mass is 386 g/mol. The Kier molecular flexibility index (Phi) is 5.67. The number of nitro benzene ring substituents is 1. The molecule has 2 aromatic carbocycles. The molecule has 148 valence electrons. The van der Waals surface area contributed by atoms with Crippen LogP contribution in [-0.4, -0.2) is 31.2 Å². The second-order valence-electron chi connectivity index (χ2n) is 6.74. The summed E-state index contributed by atoms with van der Waals surface area (Å²) in [7, 11) is 1.35. The molecule has 0 aromatic heterocycles. The molecule has 1 aliphatic rings. The summed E-state index contributed by atoms with van der Waals surface area (Å²) in [6, 6.07) is 9.40. The van der Waals surface area contributed by atoms with Crippen LogP contribution < -0.4 is 19.5 Å². The van der Waals surface area contributed by atoms with Gasteiger partial charge in [0.05, 0.1) is 18.1 Å². The summed E-state index contributed by atoms with van der Waals surface area (Å²) in [6.45, 7) is 4.95. The van der Waals surface area contributed by atoms with Crippen molar-refractivity contribution in [3.63, 3.8) is 0 Å². The van der Waals surface area contributed by atoms with Crippen molar-refractivity contribution in [2.45, 2.75) is 19.9 Å². The zero-order valence-electron chi connectivity index (χ0n) is 15.9. The number of methoxy groups -OCH3 is 1. The lowest BCUT2D eigenvalue weighted by Crippen LogP contribution is -2.32. The summed E-state index contributed by atoms with van der Waals surface area (Å²) in [4.78, 5) is 23.4. The number of nitro groups is 1. The van der Waals surface area contributed by atoms with Crippen molar-refractivity contribution in [2.24, 2.45) is 5.92 Å². The number of hydrogen-bond acceptors (Lipinski definition) is 6. The maximum absolute atomic E-state index is 12.8. The highest BCUT2D eigenvalue weighted by Gasteiger charge is 2.24. The molecular weight excluding hydrogens is 364 g/mol. The topological polar surface area (TPSA) is 99.9 Å². The number of fused-ring (bicyclic) bond motifs is 1. The van der Waals surface area contributed by atoms with Crippen LogP contribution >= 0.6 is 0 Å². The number of nitrogens with one attached hydrogen (secondary N) is 1. The van der Waals surface area contributed by atoms with Gasteiger partial charge in [-0.25, -0.2) is 0 Å². The predicted molar refractivity (Wildman–Crippen MR) is 102 cm³/mol. The summed E-state index contributed by atoms with van der Waals surface area (Å²) >= 11 is 0. The first-order chi connectivity index (χ1) is 13.4. The Labute approximate surface area is 162 Å². The number of carbonyl (C=O) groups is 1. The number of rotatable bonds is 6. The van der Waals surface area contributed by atoms with Gasteiger partial charge in [0, 0.05) is 11.6 Å². The fraction of sp³-hybridized carbons (Fsp3) is 0.350. The average Bonchev–Trinajstić information content (AvgIpc) is 2.70. The van der Waals surface area contributed by atoms with Crippen molar-refractivity contribution < 1.29 is 23.9 Å². The highest BCUT2D eigenvalue weighted by atomic mass is 16.6. The number of ether oxygens (including phenoxy) is 3. The number of benzene rings is 2. The molecule has 1 amide bonds. The molecule has 8 heteroatoms. The number of carbonyl (C=O) groups excluding carboxylic acids is 1. The van der Waals surface area contributed by atoms with E-state index >= 15 is 0 Å². The van der Waals surface area contributed by atoms with Crippen molar-refractivity contribution >= 4 is 11.6 Å². The van der Waals surface area contributed by atoms with Gasteiger partial charge in [-0.3, -0.25) is 14.9 Å². The maximum atomic E-state index is 12.8. The Morgan fingerprint density at radius 2 is 1.86 bits per heavy atom. The van der Waals surface area contributed by atoms with Crippen LogP contribution in [0.5, 0.6) is 17.2 Å². The van der Waals surface area contributed by atoms with Gasteiger partial charge in [0.25, 0.3) is 5.91 Å². The molecule has 0 saturated carbocycles. The smallest absolute Gasteiger partial charge is 0.311 e. The zero-order chi connectivity index (χ0) is 20.3. The summed E-state index contributed by atoms with van der Waals surface area (Å²) in [5, 5.41) is 14.2. The standard InChI is InChI=1S/C20H22N2O6/c1-12(2)19(13-4-7-17-18(11-13)28-9-8-27-17)21-20(23)14-5-6-16(26-3)15(10-14)22(24)25/h4-7,10-12,19H,8-9H2,1-3H3,(H,21,23)/t19-/m1/s1. The van der Waals surface area contributed by atoms with Crippen LogP contribution in [0.4, 0.5) is 5.69 Å². The Morgan fingerprint density at radius 1 is 1.14 bits per heavy atom. The van der Waals surface area contributed by atoms with Gasteiger partial charge in [-0.05, 0) is 35.7 Å². The summed E-state index contributed by atoms with van der Waals surface area (Å²) in [5.74, 6) is 1.10. The molecule has 0 unspecified atom stereocenters. The Bertz CT molecular complexity index is 896. The van der Waals surface area contributed by atoms with Crippen LogP contribution in [0.25, 0.3) is 0 Å². The molecule has 2 aromatic rings. The first-order valence-corrected chi connectivity index (χ1v) is 8.93. The van der Waals surface area contributed by atoms with Gasteiger partial charge in [0.1, 0.15) is 13.2 Å². The molecule has 8 nitrogen and oxygen atoms in total. The third-order valence-corrected chi connectivity index (χ3v) is 4.52. The predicted octanol–water partition coefficient (Wildman–Crippen LogP) is 3.50. The van der Waals surface area contributed by atoms with Crippen LogP contribution in [-0.2, 0) is 0 Å². The third kappa shape index (κ3) is 4.00. The molecule has 1 N–H and O–H groups in total. The zero-order valence-corrected chi connectivity index (χ0v) is 15.9. The van der Waals surface area contributed by atoms with Crippen LogP contribution in [0.1, 0.15) is 35.8 Å². The lowest BCUT2D eigenvalue weighted by molar-refractivity contribution is -0.385. The molecule has 28 heavy (non-hydrogen) atoms. The van der Waals surface area contributed by atoms with Crippen molar-refractivity contribution in [2.75, 3.05) is 20.3 Å². The van der Waals surface area contributed by atoms with E-state index in [0.29, 0.717) is 24.7 Å². The van der Waals surface area contributed by atoms with Crippen LogP contribution in [0, 0.1) is 16.0 Å². The molecular formula is C20H22N2O6. The Balaban J connectivity index is 1.86. The molecule has 0 saturated heterocycles. The van der Waals surface area contributed by atoms with E-state index in [9.17, 15) is 14.9 Å². The largest absolute Gasteiger partial charge is 0.490 e. The van der Waals surface area contributed by atoms with Gasteiger partial charge in [0.2, 0.25) is 0 Å². The number of nitrogens with zero attached hydrogens (tertiary/aromatic N) is 1. The minimum atomic E-state index is -0.573. The van der Waals surface area contributed by atoms with E-state index in [0.717, 1.165) is 5.56 Å². The van der Waals surface area contributed by atoms with Crippen molar-refractivity contribution in [3.05, 3.63) is 57.6 Å². The first kappa shape index (κ1) is 19.5. The minimum Gasteiger partial charge on any atom is -0.490 e. The normalized spacial score (nSPS) is 13.7. The molecule has 0 fully saturated rings. The van der Waals surface area contributed by atoms with Gasteiger partial charge in [-0.15, -0.1) is 0 Å². The number of hydrogen-bond donors (Lipinski definition) is 1. The van der Waals surface area contributed by atoms with Crippen LogP contribution in [0.3, 0.4) is 0 Å². The van der Waals surface area contributed by atoms with Crippen molar-refractivity contribution in [1.82, 2.24) is 5.32 Å². The van der Waals surface area contributed by atoms with E-state index in [-0.39, 0.29) is 29.0 Å². The van der Waals surface area contributed by atoms with Gasteiger partial charge in [0.15, 0.2) is 17.2 Å². The Hall–Kier alpha value is -3.29. The van der Waals surface area contributed by atoms with E-state index < -0.39 is 10.8 Å². The molecule has 1 atom stereocenters. The van der Waals surface area contributed by atoms with Crippen LogP contribution in [0.15, 0.2) is 36.4 Å². The third-order valence-electron chi connectivity index (χ3n) is 4.52. The van der Waals surface area contributed by atoms with Crippen molar-refractivity contribution in [1.29, 1.82) is 0 Å². The first-order valence-electron chi connectivity index (χ1n) is 8.93. The average molecular weight is 386 g/mol. The lowest BCUT2D eigenvalue weighted by Gasteiger charge is -2.25. The molecule has 0 radical (unpaired) electrons. The highest BCUT2D eigenvalue weighted by molar-refractivity contribution is 5.95. The second-order valence-corrected chi connectivity index (χ2v) is 6.74. The summed E-state index contributed by atoms with van der Waals surface area (Å²) < 4.78 is 16.1. The second kappa shape index (κ2) is 8.16. The number of amides is 1. The van der Waals surface area contributed by atoms with Gasteiger partial charge in [-0.2, -0.15) is 0 Å².